The van der Waals surface area contributed by atoms with Crippen molar-refractivity contribution in [2.45, 2.75) is 6.42 Å². The maximum absolute atomic E-state index is 4.98. The first-order valence-corrected chi connectivity index (χ1v) is 5.90. The van der Waals surface area contributed by atoms with Crippen molar-refractivity contribution in [3.8, 4) is 0 Å². The lowest BCUT2D eigenvalue weighted by Gasteiger charge is -2.29. The molecule has 14 heavy (non-hydrogen) atoms. The fourth-order valence-corrected chi connectivity index (χ4v) is 2.19. The molecule has 0 amide bonds. The van der Waals surface area contributed by atoms with Crippen molar-refractivity contribution < 1.29 is 0 Å². The summed E-state index contributed by atoms with van der Waals surface area (Å²) < 4.78 is 0. The van der Waals surface area contributed by atoms with E-state index in [1.54, 1.807) is 0 Å². The van der Waals surface area contributed by atoms with Crippen molar-refractivity contribution in [2.24, 2.45) is 0 Å². The lowest BCUT2D eigenvalue weighted by molar-refractivity contribution is 0.248. The van der Waals surface area contributed by atoms with E-state index in [2.05, 4.69) is 33.0 Å². The Balaban J connectivity index is 1.73. The maximum Gasteiger partial charge on any atom is 0.168 e. The molecule has 0 saturated carbocycles. The van der Waals surface area contributed by atoms with Gasteiger partial charge in [0, 0.05) is 11.4 Å². The Morgan fingerprint density at radius 3 is 2.86 bits per heavy atom. The molecular weight excluding hydrogens is 214 g/mol. The van der Waals surface area contributed by atoms with Crippen LogP contribution >= 0.6 is 23.6 Å². The quantitative estimate of drug-likeness (QED) is 0.753. The topological polar surface area (TPSA) is 27.3 Å². The molecule has 2 rings (SSSR count). The lowest BCUT2D eigenvalue weighted by atomic mass is 10.3. The average molecular weight is 227 g/mol. The third-order valence-electron chi connectivity index (χ3n) is 2.18. The predicted octanol–water partition coefficient (Wildman–Crippen LogP) is 0.985. The van der Waals surface area contributed by atoms with Gasteiger partial charge in [-0.2, -0.15) is 0 Å². The number of nitrogens with one attached hydrogen (secondary N) is 2. The Morgan fingerprint density at radius 2 is 2.21 bits per heavy atom. The molecule has 1 saturated heterocycles. The van der Waals surface area contributed by atoms with E-state index in [-0.39, 0.29) is 0 Å². The SMILES string of the molecule is S=C1NCN(CCc2cccs2)CN1. The molecule has 0 spiro atoms. The van der Waals surface area contributed by atoms with E-state index in [0.29, 0.717) is 0 Å². The fraction of sp³-hybridized carbons (Fsp3) is 0.444. The molecule has 5 heteroatoms. The van der Waals surface area contributed by atoms with Crippen LogP contribution in [0.4, 0.5) is 0 Å². The molecule has 1 aromatic heterocycles. The van der Waals surface area contributed by atoms with Gasteiger partial charge < -0.3 is 10.6 Å². The van der Waals surface area contributed by atoms with Crippen molar-refractivity contribution in [1.82, 2.24) is 15.5 Å². The van der Waals surface area contributed by atoms with Crippen LogP contribution in [0.5, 0.6) is 0 Å². The smallest absolute Gasteiger partial charge is 0.168 e. The van der Waals surface area contributed by atoms with Crippen LogP contribution in [0.25, 0.3) is 0 Å². The van der Waals surface area contributed by atoms with Crippen molar-refractivity contribution >= 4 is 28.7 Å². The molecule has 1 aromatic rings. The van der Waals surface area contributed by atoms with Gasteiger partial charge >= 0.3 is 0 Å². The van der Waals surface area contributed by atoms with Crippen LogP contribution in [0.1, 0.15) is 4.88 Å². The molecular formula is C9H13N3S2. The Kier molecular flexibility index (Phi) is 3.34. The summed E-state index contributed by atoms with van der Waals surface area (Å²) in [5.41, 5.74) is 0. The number of hydrogen-bond acceptors (Lipinski definition) is 3. The van der Waals surface area contributed by atoms with Crippen molar-refractivity contribution in [3.05, 3.63) is 22.4 Å². The van der Waals surface area contributed by atoms with Crippen molar-refractivity contribution in [1.29, 1.82) is 0 Å². The molecule has 0 aliphatic carbocycles. The van der Waals surface area contributed by atoms with Crippen LogP contribution in [-0.2, 0) is 6.42 Å². The number of nitrogens with zero attached hydrogens (tertiary/aromatic N) is 1. The number of thiocarbonyl (C=S) groups is 1. The van der Waals surface area contributed by atoms with Gasteiger partial charge in [-0.15, -0.1) is 11.3 Å². The van der Waals surface area contributed by atoms with Crippen LogP contribution < -0.4 is 10.6 Å². The number of rotatable bonds is 3. The molecule has 3 nitrogen and oxygen atoms in total. The summed E-state index contributed by atoms with van der Waals surface area (Å²) in [6, 6.07) is 4.28. The second-order valence-corrected chi connectivity index (χ2v) is 4.66. The Labute approximate surface area is 93.1 Å². The normalized spacial score (nSPS) is 17.6. The van der Waals surface area contributed by atoms with E-state index in [1.165, 1.54) is 4.88 Å². The monoisotopic (exact) mass is 227 g/mol. The van der Waals surface area contributed by atoms with Crippen LogP contribution in [0, 0.1) is 0 Å². The first kappa shape index (κ1) is 9.89. The third kappa shape index (κ3) is 2.67. The number of thiophene rings is 1. The van der Waals surface area contributed by atoms with Gasteiger partial charge in [-0.3, -0.25) is 4.90 Å². The fourth-order valence-electron chi connectivity index (χ4n) is 1.37. The highest BCUT2D eigenvalue weighted by molar-refractivity contribution is 7.80. The van der Waals surface area contributed by atoms with E-state index in [1.807, 2.05) is 11.3 Å². The molecule has 0 unspecified atom stereocenters. The van der Waals surface area contributed by atoms with Crippen LogP contribution in [0.2, 0.25) is 0 Å². The zero-order valence-electron chi connectivity index (χ0n) is 7.82. The molecule has 0 aromatic carbocycles. The first-order chi connectivity index (χ1) is 6.84. The molecule has 2 N–H and O–H groups in total. The zero-order valence-corrected chi connectivity index (χ0v) is 9.46. The third-order valence-corrected chi connectivity index (χ3v) is 3.41. The Bertz CT molecular complexity index is 287. The first-order valence-electron chi connectivity index (χ1n) is 4.61. The molecule has 0 atom stereocenters. The molecule has 76 valence electrons. The highest BCUT2D eigenvalue weighted by Crippen LogP contribution is 2.09. The lowest BCUT2D eigenvalue weighted by Crippen LogP contribution is -2.54. The van der Waals surface area contributed by atoms with Gasteiger partial charge in [0.15, 0.2) is 5.11 Å². The molecule has 2 heterocycles. The highest BCUT2D eigenvalue weighted by atomic mass is 32.1. The molecule has 0 bridgehead atoms. The standard InChI is InChI=1S/C9H13N3S2/c13-9-10-6-12(7-11-9)4-3-8-2-1-5-14-8/h1-2,5H,3-4,6-7H2,(H2,10,11,13). The van der Waals surface area contributed by atoms with E-state index >= 15 is 0 Å². The van der Waals surface area contributed by atoms with Crippen LogP contribution in [0.3, 0.4) is 0 Å². The van der Waals surface area contributed by atoms with E-state index in [4.69, 9.17) is 12.2 Å². The summed E-state index contributed by atoms with van der Waals surface area (Å²) in [5, 5.41) is 9.11. The second-order valence-electron chi connectivity index (χ2n) is 3.22. The minimum Gasteiger partial charge on any atom is -0.350 e. The predicted molar refractivity (Wildman–Crippen MR) is 63.3 cm³/mol. The number of hydrogen-bond donors (Lipinski definition) is 2. The minimum atomic E-state index is 0.761. The molecule has 1 fully saturated rings. The van der Waals surface area contributed by atoms with Gasteiger partial charge in [0.1, 0.15) is 0 Å². The van der Waals surface area contributed by atoms with Gasteiger partial charge in [0.2, 0.25) is 0 Å². The summed E-state index contributed by atoms with van der Waals surface area (Å²) in [7, 11) is 0. The molecule has 1 aliphatic heterocycles. The van der Waals surface area contributed by atoms with Gasteiger partial charge in [0.05, 0.1) is 13.3 Å². The van der Waals surface area contributed by atoms with Gasteiger partial charge in [0.25, 0.3) is 0 Å². The van der Waals surface area contributed by atoms with E-state index in [9.17, 15) is 0 Å². The van der Waals surface area contributed by atoms with E-state index in [0.717, 1.165) is 31.4 Å². The average Bonchev–Trinajstić information content (AvgIpc) is 2.70. The van der Waals surface area contributed by atoms with E-state index < -0.39 is 0 Å². The maximum atomic E-state index is 4.98. The van der Waals surface area contributed by atoms with Gasteiger partial charge in [-0.05, 0) is 30.1 Å². The summed E-state index contributed by atoms with van der Waals surface area (Å²) in [4.78, 5) is 3.74. The van der Waals surface area contributed by atoms with Crippen LogP contribution in [-0.4, -0.2) is 29.9 Å². The van der Waals surface area contributed by atoms with Crippen molar-refractivity contribution in [2.75, 3.05) is 19.9 Å². The largest absolute Gasteiger partial charge is 0.350 e. The Hall–Kier alpha value is -0.650. The summed E-state index contributed by atoms with van der Waals surface area (Å²) >= 11 is 6.79. The summed E-state index contributed by atoms with van der Waals surface area (Å²) in [6.07, 6.45) is 1.12. The van der Waals surface area contributed by atoms with Crippen molar-refractivity contribution in [3.63, 3.8) is 0 Å². The molecule has 0 radical (unpaired) electrons. The summed E-state index contributed by atoms with van der Waals surface area (Å²) in [5.74, 6) is 0. The Morgan fingerprint density at radius 1 is 1.43 bits per heavy atom. The van der Waals surface area contributed by atoms with Gasteiger partial charge in [-0.25, -0.2) is 0 Å². The second kappa shape index (κ2) is 4.72. The zero-order chi connectivity index (χ0) is 9.80. The van der Waals surface area contributed by atoms with Crippen LogP contribution in [0.15, 0.2) is 17.5 Å². The molecule has 1 aliphatic rings. The highest BCUT2D eigenvalue weighted by Gasteiger charge is 2.10. The minimum absolute atomic E-state index is 0.761. The summed E-state index contributed by atoms with van der Waals surface area (Å²) in [6.45, 7) is 2.79. The van der Waals surface area contributed by atoms with Gasteiger partial charge in [-0.1, -0.05) is 6.07 Å².